The van der Waals surface area contributed by atoms with Gasteiger partial charge in [-0.15, -0.1) is 0 Å². The molecule has 0 aromatic rings. The van der Waals surface area contributed by atoms with E-state index in [1.54, 1.807) is 6.92 Å². The molecule has 6 nitrogen and oxygen atoms in total. The fraction of sp³-hybridized carbons (Fsp3) is 0.769. The number of carbonyl (C=O) groups is 3. The van der Waals surface area contributed by atoms with Gasteiger partial charge in [-0.2, -0.15) is 0 Å². The zero-order chi connectivity index (χ0) is 14.0. The van der Waals surface area contributed by atoms with E-state index in [1.165, 1.54) is 9.80 Å². The van der Waals surface area contributed by atoms with E-state index in [4.69, 9.17) is 0 Å². The summed E-state index contributed by atoms with van der Waals surface area (Å²) in [5.74, 6) is -1.18. The predicted octanol–water partition coefficient (Wildman–Crippen LogP) is 0.465. The second-order valence-corrected chi connectivity index (χ2v) is 5.26. The van der Waals surface area contributed by atoms with Gasteiger partial charge in [-0.25, -0.2) is 4.79 Å². The molecule has 0 radical (unpaired) electrons. The molecule has 0 bridgehead atoms. The average molecular weight is 268 g/mol. The second-order valence-electron chi connectivity index (χ2n) is 5.26. The van der Waals surface area contributed by atoms with Crippen LogP contribution in [0, 0.1) is 0 Å². The summed E-state index contributed by atoms with van der Waals surface area (Å²) in [6.45, 7) is 2.89. The second kappa shape index (κ2) is 5.19. The molecule has 2 rings (SSSR count). The lowest BCUT2D eigenvalue weighted by Gasteiger charge is -2.34. The molecule has 6 heteroatoms. The van der Waals surface area contributed by atoms with Crippen molar-refractivity contribution >= 4 is 17.8 Å². The van der Waals surface area contributed by atoms with Crippen LogP contribution in [0.25, 0.3) is 0 Å². The third-order valence-corrected chi connectivity index (χ3v) is 4.27. The van der Waals surface area contributed by atoms with Crippen LogP contribution in [0.15, 0.2) is 0 Å². The first-order chi connectivity index (χ1) is 9.01. The highest BCUT2D eigenvalue weighted by atomic mass is 16.4. The lowest BCUT2D eigenvalue weighted by molar-refractivity contribution is -0.157. The number of carbonyl (C=O) groups excluding carboxylic acids is 2. The zero-order valence-electron chi connectivity index (χ0n) is 11.2. The molecule has 0 spiro atoms. The SMILES string of the molecule is CCC1(C(=O)O)CCCN1C(=O)CN1CCCC1=O. The van der Waals surface area contributed by atoms with Gasteiger partial charge >= 0.3 is 5.97 Å². The van der Waals surface area contributed by atoms with Crippen molar-refractivity contribution in [1.29, 1.82) is 0 Å². The van der Waals surface area contributed by atoms with E-state index in [1.807, 2.05) is 0 Å². The molecule has 2 aliphatic rings. The molecule has 1 atom stereocenters. The number of amides is 2. The molecule has 2 fully saturated rings. The van der Waals surface area contributed by atoms with Crippen LogP contribution in [0.1, 0.15) is 39.0 Å². The minimum absolute atomic E-state index is 0.00929. The smallest absolute Gasteiger partial charge is 0.329 e. The third-order valence-electron chi connectivity index (χ3n) is 4.27. The Morgan fingerprint density at radius 3 is 2.58 bits per heavy atom. The van der Waals surface area contributed by atoms with Crippen molar-refractivity contribution < 1.29 is 19.5 Å². The molecule has 1 N–H and O–H groups in total. The maximum absolute atomic E-state index is 12.3. The van der Waals surface area contributed by atoms with Crippen molar-refractivity contribution in [2.45, 2.75) is 44.6 Å². The van der Waals surface area contributed by atoms with Crippen LogP contribution in [0.2, 0.25) is 0 Å². The van der Waals surface area contributed by atoms with Gasteiger partial charge in [0.1, 0.15) is 5.54 Å². The number of carboxylic acids is 1. The number of hydrogen-bond donors (Lipinski definition) is 1. The Morgan fingerprint density at radius 1 is 1.32 bits per heavy atom. The molecule has 1 unspecified atom stereocenters. The molecule has 2 amide bonds. The summed E-state index contributed by atoms with van der Waals surface area (Å²) < 4.78 is 0. The number of nitrogens with zero attached hydrogens (tertiary/aromatic N) is 2. The molecule has 2 heterocycles. The number of hydrogen-bond acceptors (Lipinski definition) is 3. The first-order valence-corrected chi connectivity index (χ1v) is 6.83. The van der Waals surface area contributed by atoms with Gasteiger partial charge in [0.05, 0.1) is 6.54 Å². The monoisotopic (exact) mass is 268 g/mol. The Labute approximate surface area is 112 Å². The summed E-state index contributed by atoms with van der Waals surface area (Å²) in [5, 5.41) is 9.42. The number of rotatable bonds is 4. The highest BCUT2D eigenvalue weighted by molar-refractivity contribution is 5.91. The van der Waals surface area contributed by atoms with Crippen molar-refractivity contribution in [3.63, 3.8) is 0 Å². The van der Waals surface area contributed by atoms with Crippen LogP contribution in [0.3, 0.4) is 0 Å². The Hall–Kier alpha value is -1.59. The molecule has 2 aliphatic heterocycles. The summed E-state index contributed by atoms with van der Waals surface area (Å²) in [6, 6.07) is 0. The average Bonchev–Trinajstić information content (AvgIpc) is 2.96. The topological polar surface area (TPSA) is 77.9 Å². The molecule has 0 aromatic heterocycles. The van der Waals surface area contributed by atoms with Gasteiger partial charge in [0.2, 0.25) is 11.8 Å². The van der Waals surface area contributed by atoms with E-state index >= 15 is 0 Å². The Morgan fingerprint density at radius 2 is 2.05 bits per heavy atom. The van der Waals surface area contributed by atoms with Gasteiger partial charge < -0.3 is 14.9 Å². The summed E-state index contributed by atoms with van der Waals surface area (Å²) in [6.07, 6.45) is 2.88. The van der Waals surface area contributed by atoms with E-state index in [-0.39, 0.29) is 18.4 Å². The van der Waals surface area contributed by atoms with Crippen LogP contribution in [-0.4, -0.2) is 57.9 Å². The van der Waals surface area contributed by atoms with Crippen LogP contribution in [0.4, 0.5) is 0 Å². The summed E-state index contributed by atoms with van der Waals surface area (Å²) in [5.41, 5.74) is -1.07. The first kappa shape index (κ1) is 13.8. The molecule has 0 aromatic carbocycles. The highest BCUT2D eigenvalue weighted by Crippen LogP contribution is 2.33. The molecule has 2 saturated heterocycles. The lowest BCUT2D eigenvalue weighted by atomic mass is 9.93. The summed E-state index contributed by atoms with van der Waals surface area (Å²) >= 11 is 0. The fourth-order valence-electron chi connectivity index (χ4n) is 3.10. The minimum Gasteiger partial charge on any atom is -0.479 e. The minimum atomic E-state index is -1.07. The highest BCUT2D eigenvalue weighted by Gasteiger charge is 2.48. The van der Waals surface area contributed by atoms with E-state index < -0.39 is 11.5 Å². The Balaban J connectivity index is 2.09. The molecule has 0 aliphatic carbocycles. The zero-order valence-corrected chi connectivity index (χ0v) is 11.2. The maximum atomic E-state index is 12.3. The molecule has 19 heavy (non-hydrogen) atoms. The van der Waals surface area contributed by atoms with Gasteiger partial charge in [0, 0.05) is 19.5 Å². The Bertz CT molecular complexity index is 409. The fourth-order valence-corrected chi connectivity index (χ4v) is 3.10. The normalized spacial score (nSPS) is 27.1. The standard InChI is InChI=1S/C13H20N2O4/c1-2-13(12(18)19)6-4-8-15(13)11(17)9-14-7-3-5-10(14)16/h2-9H2,1H3,(H,18,19). The van der Waals surface area contributed by atoms with Crippen molar-refractivity contribution in [2.24, 2.45) is 0 Å². The van der Waals surface area contributed by atoms with Crippen molar-refractivity contribution in [3.8, 4) is 0 Å². The van der Waals surface area contributed by atoms with Crippen LogP contribution < -0.4 is 0 Å². The van der Waals surface area contributed by atoms with Gasteiger partial charge in [0.15, 0.2) is 0 Å². The Kier molecular flexibility index (Phi) is 3.78. The van der Waals surface area contributed by atoms with Crippen molar-refractivity contribution in [2.75, 3.05) is 19.6 Å². The molecule has 0 saturated carbocycles. The molecular formula is C13H20N2O4. The lowest BCUT2D eigenvalue weighted by Crippen LogP contribution is -2.55. The van der Waals surface area contributed by atoms with E-state index in [2.05, 4.69) is 0 Å². The molecule has 106 valence electrons. The van der Waals surface area contributed by atoms with Gasteiger partial charge in [-0.05, 0) is 25.7 Å². The molecular weight excluding hydrogens is 248 g/mol. The number of likely N-dealkylation sites (tertiary alicyclic amines) is 2. The van der Waals surface area contributed by atoms with Crippen LogP contribution in [0.5, 0.6) is 0 Å². The largest absolute Gasteiger partial charge is 0.479 e. The number of aliphatic carboxylic acids is 1. The third kappa shape index (κ3) is 2.31. The number of carboxylic acid groups (broad SMARTS) is 1. The van der Waals surface area contributed by atoms with Crippen LogP contribution >= 0.6 is 0 Å². The predicted molar refractivity (Wildman–Crippen MR) is 67.4 cm³/mol. The van der Waals surface area contributed by atoms with E-state index in [0.717, 1.165) is 6.42 Å². The van der Waals surface area contributed by atoms with Gasteiger partial charge in [-0.3, -0.25) is 9.59 Å². The summed E-state index contributed by atoms with van der Waals surface area (Å²) in [7, 11) is 0. The van der Waals surface area contributed by atoms with E-state index in [0.29, 0.717) is 38.8 Å². The van der Waals surface area contributed by atoms with Gasteiger partial charge in [-0.1, -0.05) is 6.92 Å². The maximum Gasteiger partial charge on any atom is 0.329 e. The first-order valence-electron chi connectivity index (χ1n) is 6.83. The van der Waals surface area contributed by atoms with Crippen LogP contribution in [-0.2, 0) is 14.4 Å². The summed E-state index contributed by atoms with van der Waals surface area (Å²) in [4.78, 5) is 38.3. The quantitative estimate of drug-likeness (QED) is 0.803. The van der Waals surface area contributed by atoms with Crippen molar-refractivity contribution in [1.82, 2.24) is 9.80 Å². The van der Waals surface area contributed by atoms with Gasteiger partial charge in [0.25, 0.3) is 0 Å². The van der Waals surface area contributed by atoms with Crippen molar-refractivity contribution in [3.05, 3.63) is 0 Å². The van der Waals surface area contributed by atoms with E-state index in [9.17, 15) is 19.5 Å².